The van der Waals surface area contributed by atoms with Gasteiger partial charge >= 0.3 is 0 Å². The molecule has 0 spiro atoms. The largest absolute Gasteiger partial charge is 0.508 e. The number of fused-ring (bicyclic) bond motifs is 1. The molecular formula is C12H13BrN2O2. The third kappa shape index (κ3) is 2.61. The Morgan fingerprint density at radius 2 is 2.29 bits per heavy atom. The van der Waals surface area contributed by atoms with E-state index in [0.29, 0.717) is 6.54 Å². The molecule has 2 rings (SSSR count). The lowest BCUT2D eigenvalue weighted by molar-refractivity contribution is -0.118. The Kier molecular flexibility index (Phi) is 3.38. The number of halogens is 1. The molecular weight excluding hydrogens is 284 g/mol. The second kappa shape index (κ2) is 4.79. The van der Waals surface area contributed by atoms with Crippen LogP contribution >= 0.6 is 15.9 Å². The molecule has 2 aromatic rings. The van der Waals surface area contributed by atoms with E-state index in [1.54, 1.807) is 12.1 Å². The molecule has 0 aliphatic carbocycles. The standard InChI is InChI=1S/C12H13BrN2O2/c1-7(16)14-3-2-8-6-15-12-10(8)4-9(17)5-11(12)13/h4-6,15,17H,2-3H2,1H3,(H,14,16). The van der Waals surface area contributed by atoms with Gasteiger partial charge < -0.3 is 15.4 Å². The maximum Gasteiger partial charge on any atom is 0.216 e. The fourth-order valence-corrected chi connectivity index (χ4v) is 2.37. The number of nitrogens with one attached hydrogen (secondary N) is 2. The lowest BCUT2D eigenvalue weighted by Crippen LogP contribution is -2.22. The molecule has 0 aliphatic heterocycles. The van der Waals surface area contributed by atoms with Crippen LogP contribution in [0.15, 0.2) is 22.8 Å². The lowest BCUT2D eigenvalue weighted by Gasteiger charge is -2.02. The molecule has 0 unspecified atom stereocenters. The molecule has 0 fully saturated rings. The van der Waals surface area contributed by atoms with Crippen LogP contribution in [0.25, 0.3) is 10.9 Å². The Bertz CT molecular complexity index is 563. The fraction of sp³-hybridized carbons (Fsp3) is 0.250. The Morgan fingerprint density at radius 1 is 1.53 bits per heavy atom. The number of hydrogen-bond acceptors (Lipinski definition) is 2. The zero-order chi connectivity index (χ0) is 12.4. The summed E-state index contributed by atoms with van der Waals surface area (Å²) in [6.07, 6.45) is 2.63. The summed E-state index contributed by atoms with van der Waals surface area (Å²) in [5.41, 5.74) is 2.03. The fourth-order valence-electron chi connectivity index (χ4n) is 1.81. The van der Waals surface area contributed by atoms with Crippen LogP contribution in [0.5, 0.6) is 5.75 Å². The van der Waals surface area contributed by atoms with Gasteiger partial charge in [0.05, 0.1) is 5.52 Å². The van der Waals surface area contributed by atoms with Gasteiger partial charge in [0.2, 0.25) is 5.91 Å². The summed E-state index contributed by atoms with van der Waals surface area (Å²) in [7, 11) is 0. The van der Waals surface area contributed by atoms with Crippen molar-refractivity contribution in [3.8, 4) is 5.75 Å². The molecule has 4 nitrogen and oxygen atoms in total. The number of benzene rings is 1. The number of carbonyl (C=O) groups excluding carboxylic acids is 1. The van der Waals surface area contributed by atoms with Gasteiger partial charge in [0.1, 0.15) is 5.75 Å². The highest BCUT2D eigenvalue weighted by Crippen LogP contribution is 2.30. The minimum atomic E-state index is -0.0335. The van der Waals surface area contributed by atoms with Crippen LogP contribution in [0.1, 0.15) is 12.5 Å². The van der Waals surface area contributed by atoms with Crippen LogP contribution in [-0.2, 0) is 11.2 Å². The number of aromatic amines is 1. The number of phenols is 1. The quantitative estimate of drug-likeness (QED) is 0.814. The average Bonchev–Trinajstić information content (AvgIpc) is 2.61. The number of rotatable bonds is 3. The van der Waals surface area contributed by atoms with Gasteiger partial charge in [-0.25, -0.2) is 0 Å². The van der Waals surface area contributed by atoms with E-state index in [2.05, 4.69) is 26.2 Å². The van der Waals surface area contributed by atoms with E-state index >= 15 is 0 Å². The van der Waals surface area contributed by atoms with Crippen molar-refractivity contribution in [1.82, 2.24) is 10.3 Å². The monoisotopic (exact) mass is 296 g/mol. The number of hydrogen-bond donors (Lipinski definition) is 3. The first-order chi connectivity index (χ1) is 8.08. The molecule has 17 heavy (non-hydrogen) atoms. The molecule has 90 valence electrons. The number of aromatic hydroxyl groups is 1. The second-order valence-corrected chi connectivity index (χ2v) is 4.75. The van der Waals surface area contributed by atoms with E-state index in [0.717, 1.165) is 27.4 Å². The number of aromatic nitrogens is 1. The molecule has 0 radical (unpaired) electrons. The highest BCUT2D eigenvalue weighted by Gasteiger charge is 2.08. The van der Waals surface area contributed by atoms with Gasteiger partial charge in [0.15, 0.2) is 0 Å². The van der Waals surface area contributed by atoms with Crippen molar-refractivity contribution in [1.29, 1.82) is 0 Å². The van der Waals surface area contributed by atoms with Crippen molar-refractivity contribution < 1.29 is 9.90 Å². The maximum absolute atomic E-state index is 10.8. The van der Waals surface area contributed by atoms with Gasteiger partial charge in [0, 0.05) is 29.5 Å². The average molecular weight is 297 g/mol. The molecule has 0 atom stereocenters. The number of carbonyl (C=O) groups is 1. The Morgan fingerprint density at radius 3 is 3.00 bits per heavy atom. The van der Waals surface area contributed by atoms with E-state index in [1.165, 1.54) is 6.92 Å². The minimum Gasteiger partial charge on any atom is -0.508 e. The number of amides is 1. The molecule has 1 aromatic heterocycles. The van der Waals surface area contributed by atoms with Crippen molar-refractivity contribution >= 4 is 32.7 Å². The Labute approximate surface area is 107 Å². The van der Waals surface area contributed by atoms with Crippen molar-refractivity contribution in [3.05, 3.63) is 28.4 Å². The first-order valence-electron chi connectivity index (χ1n) is 5.31. The van der Waals surface area contributed by atoms with Crippen LogP contribution in [0.2, 0.25) is 0 Å². The van der Waals surface area contributed by atoms with Gasteiger partial charge in [-0.3, -0.25) is 4.79 Å². The second-order valence-electron chi connectivity index (χ2n) is 3.90. The van der Waals surface area contributed by atoms with Gasteiger partial charge in [-0.05, 0) is 40.0 Å². The molecule has 3 N–H and O–H groups in total. The SMILES string of the molecule is CC(=O)NCCc1c[nH]c2c(Br)cc(O)cc12. The number of H-pyrrole nitrogens is 1. The Balaban J connectivity index is 2.26. The van der Waals surface area contributed by atoms with Crippen molar-refractivity contribution in [2.45, 2.75) is 13.3 Å². The molecule has 1 amide bonds. The van der Waals surface area contributed by atoms with E-state index in [4.69, 9.17) is 0 Å². The maximum atomic E-state index is 10.8. The lowest BCUT2D eigenvalue weighted by atomic mass is 10.1. The van der Waals surface area contributed by atoms with Crippen molar-refractivity contribution in [2.75, 3.05) is 6.54 Å². The van der Waals surface area contributed by atoms with Crippen LogP contribution in [0.3, 0.4) is 0 Å². The molecule has 1 heterocycles. The zero-order valence-electron chi connectivity index (χ0n) is 9.38. The first-order valence-corrected chi connectivity index (χ1v) is 6.10. The summed E-state index contributed by atoms with van der Waals surface area (Å²) < 4.78 is 0.832. The third-order valence-corrected chi connectivity index (χ3v) is 3.21. The van der Waals surface area contributed by atoms with Crippen LogP contribution in [0.4, 0.5) is 0 Å². The van der Waals surface area contributed by atoms with Crippen LogP contribution in [0, 0.1) is 0 Å². The molecule has 0 bridgehead atoms. The molecule has 0 aliphatic rings. The Hall–Kier alpha value is -1.49. The van der Waals surface area contributed by atoms with E-state index < -0.39 is 0 Å². The predicted octanol–water partition coefficient (Wildman–Crippen LogP) is 2.31. The van der Waals surface area contributed by atoms with Gasteiger partial charge in [-0.1, -0.05) is 0 Å². The van der Waals surface area contributed by atoms with Gasteiger partial charge in [-0.15, -0.1) is 0 Å². The summed E-state index contributed by atoms with van der Waals surface area (Å²) in [5, 5.41) is 13.3. The minimum absolute atomic E-state index is 0.0335. The normalized spacial score (nSPS) is 10.7. The summed E-state index contributed by atoms with van der Waals surface area (Å²) in [6, 6.07) is 3.37. The highest BCUT2D eigenvalue weighted by atomic mass is 79.9. The highest BCUT2D eigenvalue weighted by molar-refractivity contribution is 9.10. The number of phenolic OH excluding ortho intramolecular Hbond substituents is 1. The predicted molar refractivity (Wildman–Crippen MR) is 70.1 cm³/mol. The summed E-state index contributed by atoms with van der Waals surface area (Å²) in [5.74, 6) is 0.193. The first kappa shape index (κ1) is 12.0. The molecule has 5 heteroatoms. The molecule has 1 aromatic carbocycles. The van der Waals surface area contributed by atoms with E-state index in [-0.39, 0.29) is 11.7 Å². The zero-order valence-corrected chi connectivity index (χ0v) is 11.0. The van der Waals surface area contributed by atoms with Crippen molar-refractivity contribution in [2.24, 2.45) is 0 Å². The van der Waals surface area contributed by atoms with Crippen LogP contribution in [-0.4, -0.2) is 22.5 Å². The molecule has 0 saturated heterocycles. The summed E-state index contributed by atoms with van der Waals surface area (Å²) >= 11 is 3.39. The van der Waals surface area contributed by atoms with Gasteiger partial charge in [0.25, 0.3) is 0 Å². The van der Waals surface area contributed by atoms with Gasteiger partial charge in [-0.2, -0.15) is 0 Å². The van der Waals surface area contributed by atoms with E-state index in [1.807, 2.05) is 6.20 Å². The third-order valence-electron chi connectivity index (χ3n) is 2.58. The topological polar surface area (TPSA) is 65.1 Å². The van der Waals surface area contributed by atoms with E-state index in [9.17, 15) is 9.90 Å². The molecule has 0 saturated carbocycles. The summed E-state index contributed by atoms with van der Waals surface area (Å²) in [6.45, 7) is 2.09. The van der Waals surface area contributed by atoms with Crippen LogP contribution < -0.4 is 5.32 Å². The van der Waals surface area contributed by atoms with Crippen molar-refractivity contribution in [3.63, 3.8) is 0 Å². The summed E-state index contributed by atoms with van der Waals surface area (Å²) in [4.78, 5) is 13.9. The smallest absolute Gasteiger partial charge is 0.216 e.